The average molecular weight is 251 g/mol. The molecular formula is C12H13NO3S. The van der Waals surface area contributed by atoms with Crippen molar-refractivity contribution in [2.45, 2.75) is 0 Å². The van der Waals surface area contributed by atoms with Crippen LogP contribution in [0.25, 0.3) is 10.1 Å². The number of thiophene rings is 1. The van der Waals surface area contributed by atoms with E-state index in [9.17, 15) is 4.79 Å². The van der Waals surface area contributed by atoms with Crippen LogP contribution in [0.1, 0.15) is 9.67 Å². The van der Waals surface area contributed by atoms with E-state index in [2.05, 4.69) is 4.74 Å². The van der Waals surface area contributed by atoms with Gasteiger partial charge in [0.1, 0.15) is 17.2 Å². The van der Waals surface area contributed by atoms with Gasteiger partial charge in [-0.3, -0.25) is 0 Å². The number of fused-ring (bicyclic) bond motifs is 1. The van der Waals surface area contributed by atoms with Crippen LogP contribution < -0.4 is 10.5 Å². The number of benzene rings is 1. The minimum atomic E-state index is -0.310. The van der Waals surface area contributed by atoms with Crippen LogP contribution in [0, 0.1) is 0 Å². The molecule has 0 fully saturated rings. The normalized spacial score (nSPS) is 10.5. The maximum absolute atomic E-state index is 11.4. The van der Waals surface area contributed by atoms with E-state index < -0.39 is 0 Å². The Bertz CT molecular complexity index is 536. The minimum Gasteiger partial charge on any atom is -0.492 e. The van der Waals surface area contributed by atoms with Crippen LogP contribution in [0.2, 0.25) is 0 Å². The van der Waals surface area contributed by atoms with Crippen molar-refractivity contribution in [3.8, 4) is 5.75 Å². The minimum absolute atomic E-state index is 0.310. The largest absolute Gasteiger partial charge is 0.492 e. The van der Waals surface area contributed by atoms with Gasteiger partial charge < -0.3 is 15.2 Å². The van der Waals surface area contributed by atoms with Gasteiger partial charge in [0.2, 0.25) is 0 Å². The molecule has 2 rings (SSSR count). The van der Waals surface area contributed by atoms with Crippen LogP contribution in [-0.4, -0.2) is 26.2 Å². The molecule has 2 aromatic rings. The molecule has 0 radical (unpaired) electrons. The summed E-state index contributed by atoms with van der Waals surface area (Å²) in [7, 11) is 1.38. The van der Waals surface area contributed by atoms with E-state index in [1.54, 1.807) is 0 Å². The zero-order valence-corrected chi connectivity index (χ0v) is 10.3. The average Bonchev–Trinajstić information content (AvgIpc) is 2.78. The Balaban J connectivity index is 2.31. The van der Waals surface area contributed by atoms with Gasteiger partial charge >= 0.3 is 5.97 Å². The summed E-state index contributed by atoms with van der Waals surface area (Å²) >= 11 is 1.39. The van der Waals surface area contributed by atoms with Gasteiger partial charge in [0, 0.05) is 11.2 Å². The molecule has 4 nitrogen and oxygen atoms in total. The lowest BCUT2D eigenvalue weighted by atomic mass is 10.2. The smallest absolute Gasteiger partial charge is 0.348 e. The molecule has 0 amide bonds. The van der Waals surface area contributed by atoms with Gasteiger partial charge in [-0.05, 0) is 29.7 Å². The summed E-state index contributed by atoms with van der Waals surface area (Å²) in [4.78, 5) is 12.0. The van der Waals surface area contributed by atoms with E-state index in [4.69, 9.17) is 10.5 Å². The third kappa shape index (κ3) is 2.57. The van der Waals surface area contributed by atoms with E-state index in [1.807, 2.05) is 24.3 Å². The molecule has 1 aromatic carbocycles. The van der Waals surface area contributed by atoms with Crippen molar-refractivity contribution in [2.75, 3.05) is 20.3 Å². The molecule has 1 heterocycles. The number of esters is 1. The van der Waals surface area contributed by atoms with E-state index in [0.29, 0.717) is 18.0 Å². The number of methoxy groups -OCH3 is 1. The first-order valence-corrected chi connectivity index (χ1v) is 6.01. The summed E-state index contributed by atoms with van der Waals surface area (Å²) in [6.07, 6.45) is 0. The number of carbonyl (C=O) groups excluding carboxylic acids is 1. The van der Waals surface area contributed by atoms with Gasteiger partial charge in [0.05, 0.1) is 7.11 Å². The SMILES string of the molecule is COC(=O)c1cc2ccc(OCCN)cc2s1. The van der Waals surface area contributed by atoms with E-state index in [-0.39, 0.29) is 5.97 Å². The number of carbonyl (C=O) groups is 1. The fourth-order valence-electron chi connectivity index (χ4n) is 1.48. The van der Waals surface area contributed by atoms with Crippen molar-refractivity contribution >= 4 is 27.4 Å². The first-order valence-electron chi connectivity index (χ1n) is 5.19. The Morgan fingerprint density at radius 1 is 1.41 bits per heavy atom. The lowest BCUT2D eigenvalue weighted by Crippen LogP contribution is -2.10. The highest BCUT2D eigenvalue weighted by atomic mass is 32.1. The summed E-state index contributed by atoms with van der Waals surface area (Å²) < 4.78 is 11.1. The third-order valence-electron chi connectivity index (χ3n) is 2.26. The summed E-state index contributed by atoms with van der Waals surface area (Å²) in [6, 6.07) is 7.51. The number of hydrogen-bond acceptors (Lipinski definition) is 5. The van der Waals surface area contributed by atoms with Crippen molar-refractivity contribution in [2.24, 2.45) is 5.73 Å². The lowest BCUT2D eigenvalue weighted by Gasteiger charge is -2.03. The molecule has 2 N–H and O–H groups in total. The second-order valence-corrected chi connectivity index (χ2v) is 4.52. The maximum Gasteiger partial charge on any atom is 0.348 e. The second-order valence-electron chi connectivity index (χ2n) is 3.44. The fourth-order valence-corrected chi connectivity index (χ4v) is 2.49. The molecular weight excluding hydrogens is 238 g/mol. The van der Waals surface area contributed by atoms with Crippen LogP contribution >= 0.6 is 11.3 Å². The van der Waals surface area contributed by atoms with Crippen molar-refractivity contribution < 1.29 is 14.3 Å². The molecule has 0 aliphatic heterocycles. The maximum atomic E-state index is 11.4. The fraction of sp³-hybridized carbons (Fsp3) is 0.250. The summed E-state index contributed by atoms with van der Waals surface area (Å²) in [6.45, 7) is 0.969. The molecule has 0 saturated heterocycles. The quantitative estimate of drug-likeness (QED) is 0.844. The summed E-state index contributed by atoms with van der Waals surface area (Å²) in [5, 5.41) is 1.01. The number of rotatable bonds is 4. The Morgan fingerprint density at radius 3 is 2.94 bits per heavy atom. The van der Waals surface area contributed by atoms with Crippen molar-refractivity contribution in [3.05, 3.63) is 29.1 Å². The molecule has 0 unspecified atom stereocenters. The van der Waals surface area contributed by atoms with Gasteiger partial charge in [-0.15, -0.1) is 11.3 Å². The zero-order chi connectivity index (χ0) is 12.3. The molecule has 90 valence electrons. The zero-order valence-electron chi connectivity index (χ0n) is 9.43. The number of nitrogens with two attached hydrogens (primary N) is 1. The molecule has 0 spiro atoms. The van der Waals surface area contributed by atoms with Crippen molar-refractivity contribution in [1.29, 1.82) is 0 Å². The van der Waals surface area contributed by atoms with Crippen molar-refractivity contribution in [3.63, 3.8) is 0 Å². The predicted octanol–water partition coefficient (Wildman–Crippen LogP) is 2.03. The second kappa shape index (κ2) is 5.16. The molecule has 5 heteroatoms. The molecule has 0 aliphatic rings. The number of hydrogen-bond donors (Lipinski definition) is 1. The molecule has 0 saturated carbocycles. The van der Waals surface area contributed by atoms with Crippen molar-refractivity contribution in [1.82, 2.24) is 0 Å². The van der Waals surface area contributed by atoms with Crippen LogP contribution in [-0.2, 0) is 4.74 Å². The standard InChI is InChI=1S/C12H13NO3S/c1-15-12(14)11-6-8-2-3-9(16-5-4-13)7-10(8)17-11/h2-3,6-7H,4-5,13H2,1H3. The first kappa shape index (κ1) is 11.9. The summed E-state index contributed by atoms with van der Waals surface area (Å²) in [5.74, 6) is 0.455. The van der Waals surface area contributed by atoms with Crippen LogP contribution in [0.15, 0.2) is 24.3 Å². The first-order chi connectivity index (χ1) is 8.24. The Kier molecular flexibility index (Phi) is 3.61. The highest BCUT2D eigenvalue weighted by molar-refractivity contribution is 7.20. The molecule has 17 heavy (non-hydrogen) atoms. The van der Waals surface area contributed by atoms with Crippen LogP contribution in [0.5, 0.6) is 5.75 Å². The Hall–Kier alpha value is -1.59. The van der Waals surface area contributed by atoms with Gasteiger partial charge in [0.15, 0.2) is 0 Å². The number of ether oxygens (including phenoxy) is 2. The van der Waals surface area contributed by atoms with Gasteiger partial charge in [-0.25, -0.2) is 4.79 Å². The van der Waals surface area contributed by atoms with Crippen LogP contribution in [0.4, 0.5) is 0 Å². The van der Waals surface area contributed by atoms with Crippen LogP contribution in [0.3, 0.4) is 0 Å². The molecule has 0 aliphatic carbocycles. The lowest BCUT2D eigenvalue weighted by molar-refractivity contribution is 0.0606. The predicted molar refractivity (Wildman–Crippen MR) is 67.7 cm³/mol. The van der Waals surface area contributed by atoms with E-state index in [0.717, 1.165) is 15.8 Å². The Morgan fingerprint density at radius 2 is 2.24 bits per heavy atom. The molecule has 0 atom stereocenters. The molecule has 0 bridgehead atoms. The third-order valence-corrected chi connectivity index (χ3v) is 3.34. The van der Waals surface area contributed by atoms with Gasteiger partial charge in [-0.1, -0.05) is 0 Å². The monoisotopic (exact) mass is 251 g/mol. The summed E-state index contributed by atoms with van der Waals surface area (Å²) in [5.41, 5.74) is 5.37. The van der Waals surface area contributed by atoms with Gasteiger partial charge in [0.25, 0.3) is 0 Å². The Labute approximate surface area is 103 Å². The van der Waals surface area contributed by atoms with E-state index in [1.165, 1.54) is 18.4 Å². The van der Waals surface area contributed by atoms with E-state index >= 15 is 0 Å². The van der Waals surface area contributed by atoms with Gasteiger partial charge in [-0.2, -0.15) is 0 Å². The topological polar surface area (TPSA) is 61.5 Å². The highest BCUT2D eigenvalue weighted by Gasteiger charge is 2.10. The highest BCUT2D eigenvalue weighted by Crippen LogP contribution is 2.29. The molecule has 1 aromatic heterocycles.